The molecule has 2 fully saturated rings. The van der Waals surface area contributed by atoms with Gasteiger partial charge in [0.05, 0.1) is 25.4 Å². The van der Waals surface area contributed by atoms with Gasteiger partial charge in [-0.05, 0) is 6.42 Å². The van der Waals surface area contributed by atoms with Crippen LogP contribution in [0.1, 0.15) is 6.42 Å². The Hall–Kier alpha value is -0.120. The molecule has 0 aliphatic carbocycles. The van der Waals surface area contributed by atoms with Gasteiger partial charge in [-0.2, -0.15) is 0 Å². The molecule has 0 aromatic heterocycles. The predicted molar refractivity (Wildman–Crippen MR) is 36.8 cm³/mol. The lowest BCUT2D eigenvalue weighted by Crippen LogP contribution is -2.45. The van der Waals surface area contributed by atoms with Crippen LogP contribution in [0.2, 0.25) is 0 Å². The van der Waals surface area contributed by atoms with E-state index in [9.17, 15) is 0 Å². The van der Waals surface area contributed by atoms with E-state index in [2.05, 4.69) is 4.90 Å². The van der Waals surface area contributed by atoms with Crippen LogP contribution in [-0.4, -0.2) is 48.5 Å². The Labute approximate surface area is 60.6 Å². The van der Waals surface area contributed by atoms with E-state index in [4.69, 9.17) is 9.84 Å². The smallest absolute Gasteiger partial charge is 0.0765 e. The van der Waals surface area contributed by atoms with E-state index in [0.29, 0.717) is 12.1 Å². The van der Waals surface area contributed by atoms with Gasteiger partial charge in [-0.25, -0.2) is 0 Å². The zero-order valence-electron chi connectivity index (χ0n) is 5.99. The summed E-state index contributed by atoms with van der Waals surface area (Å²) < 4.78 is 5.47. The molecule has 2 aliphatic heterocycles. The fraction of sp³-hybridized carbons (Fsp3) is 1.00. The standard InChI is InChI=1S/C7H13NO2/c9-5-6-7-1-2-8(6)3-4-10-7/h6-7,9H,1-5H2/t6-,7+/m1/s1. The van der Waals surface area contributed by atoms with Crippen LogP contribution in [0.25, 0.3) is 0 Å². The molecule has 3 heteroatoms. The number of nitrogens with zero attached hydrogens (tertiary/aromatic N) is 1. The second-order valence-corrected chi connectivity index (χ2v) is 2.98. The molecule has 0 radical (unpaired) electrons. The molecule has 2 saturated heterocycles. The third-order valence-electron chi connectivity index (χ3n) is 2.50. The van der Waals surface area contributed by atoms with Crippen molar-refractivity contribution in [3.05, 3.63) is 0 Å². The molecule has 2 rings (SSSR count). The Morgan fingerprint density at radius 3 is 3.00 bits per heavy atom. The number of fused-ring (bicyclic) bond motifs is 2. The summed E-state index contributed by atoms with van der Waals surface area (Å²) in [5, 5.41) is 8.95. The van der Waals surface area contributed by atoms with Gasteiger partial charge in [0.2, 0.25) is 0 Å². The third-order valence-corrected chi connectivity index (χ3v) is 2.50. The zero-order chi connectivity index (χ0) is 6.97. The summed E-state index contributed by atoms with van der Waals surface area (Å²) in [6, 6.07) is 0.300. The summed E-state index contributed by atoms with van der Waals surface area (Å²) in [5.74, 6) is 0. The van der Waals surface area contributed by atoms with Crippen LogP contribution in [0.15, 0.2) is 0 Å². The molecule has 2 aliphatic rings. The Morgan fingerprint density at radius 1 is 1.50 bits per heavy atom. The van der Waals surface area contributed by atoms with Crippen molar-refractivity contribution in [2.75, 3.05) is 26.3 Å². The highest BCUT2D eigenvalue weighted by atomic mass is 16.5. The first-order chi connectivity index (χ1) is 4.92. The zero-order valence-corrected chi connectivity index (χ0v) is 5.99. The van der Waals surface area contributed by atoms with Crippen molar-refractivity contribution in [1.82, 2.24) is 4.90 Å². The summed E-state index contributed by atoms with van der Waals surface area (Å²) in [6.45, 7) is 3.21. The van der Waals surface area contributed by atoms with Gasteiger partial charge >= 0.3 is 0 Å². The summed E-state index contributed by atoms with van der Waals surface area (Å²) in [4.78, 5) is 2.31. The number of hydrogen-bond acceptors (Lipinski definition) is 3. The normalized spacial score (nSPS) is 45.9. The van der Waals surface area contributed by atoms with E-state index < -0.39 is 0 Å². The molecular weight excluding hydrogens is 130 g/mol. The molecule has 1 unspecified atom stereocenters. The molecule has 58 valence electrons. The summed E-state index contributed by atoms with van der Waals surface area (Å²) in [7, 11) is 0. The van der Waals surface area contributed by atoms with Crippen molar-refractivity contribution >= 4 is 0 Å². The Bertz CT molecular complexity index is 113. The van der Waals surface area contributed by atoms with E-state index in [1.165, 1.54) is 0 Å². The van der Waals surface area contributed by atoms with Gasteiger partial charge in [0.15, 0.2) is 0 Å². The van der Waals surface area contributed by atoms with Crippen molar-refractivity contribution in [2.45, 2.75) is 18.6 Å². The first-order valence-corrected chi connectivity index (χ1v) is 3.88. The second kappa shape index (κ2) is 2.49. The number of rotatable bonds is 1. The predicted octanol–water partition coefficient (Wildman–Crippen LogP) is -0.548. The third kappa shape index (κ3) is 0.856. The maximum atomic E-state index is 8.95. The highest BCUT2D eigenvalue weighted by Crippen LogP contribution is 2.23. The fourth-order valence-corrected chi connectivity index (χ4v) is 1.91. The Balaban J connectivity index is 2.06. The molecule has 3 nitrogen and oxygen atoms in total. The van der Waals surface area contributed by atoms with Gasteiger partial charge in [0, 0.05) is 13.1 Å². The van der Waals surface area contributed by atoms with Crippen molar-refractivity contribution in [2.24, 2.45) is 0 Å². The van der Waals surface area contributed by atoms with E-state index >= 15 is 0 Å². The number of aliphatic hydroxyl groups is 1. The molecule has 3 atom stereocenters. The minimum atomic E-state index is 0.255. The second-order valence-electron chi connectivity index (χ2n) is 2.98. The van der Waals surface area contributed by atoms with E-state index in [0.717, 1.165) is 26.1 Å². The Morgan fingerprint density at radius 2 is 2.40 bits per heavy atom. The molecule has 2 heterocycles. The number of aliphatic hydroxyl groups excluding tert-OH is 1. The highest BCUT2D eigenvalue weighted by Gasteiger charge is 2.37. The lowest BCUT2D eigenvalue weighted by atomic mass is 10.1. The van der Waals surface area contributed by atoms with Gasteiger partial charge in [-0.15, -0.1) is 0 Å². The summed E-state index contributed by atoms with van der Waals surface area (Å²) >= 11 is 0. The number of morpholine rings is 1. The molecule has 10 heavy (non-hydrogen) atoms. The van der Waals surface area contributed by atoms with Crippen LogP contribution in [0.4, 0.5) is 0 Å². The van der Waals surface area contributed by atoms with Crippen molar-refractivity contribution in [3.8, 4) is 0 Å². The molecule has 0 saturated carbocycles. The van der Waals surface area contributed by atoms with Crippen LogP contribution in [-0.2, 0) is 4.74 Å². The molecular formula is C7H13NO2. The maximum absolute atomic E-state index is 8.95. The van der Waals surface area contributed by atoms with Gasteiger partial charge < -0.3 is 9.84 Å². The SMILES string of the molecule is OC[C@@H]1[C@@H]2CCN1CCO2. The maximum Gasteiger partial charge on any atom is 0.0765 e. The number of ether oxygens (including phenoxy) is 1. The topological polar surface area (TPSA) is 32.7 Å². The van der Waals surface area contributed by atoms with Gasteiger partial charge in [0.1, 0.15) is 0 Å². The average Bonchev–Trinajstić information content (AvgIpc) is 2.19. The highest BCUT2D eigenvalue weighted by molar-refractivity contribution is 4.90. The van der Waals surface area contributed by atoms with E-state index in [-0.39, 0.29) is 6.61 Å². The van der Waals surface area contributed by atoms with Crippen molar-refractivity contribution in [3.63, 3.8) is 0 Å². The van der Waals surface area contributed by atoms with Crippen LogP contribution >= 0.6 is 0 Å². The molecule has 2 bridgehead atoms. The van der Waals surface area contributed by atoms with Crippen LogP contribution in [0.5, 0.6) is 0 Å². The molecule has 0 aromatic rings. The van der Waals surface area contributed by atoms with E-state index in [1.807, 2.05) is 0 Å². The molecule has 0 amide bonds. The number of hydrogen-bond donors (Lipinski definition) is 1. The van der Waals surface area contributed by atoms with Crippen molar-refractivity contribution < 1.29 is 9.84 Å². The first-order valence-electron chi connectivity index (χ1n) is 3.88. The summed E-state index contributed by atoms with van der Waals surface area (Å²) in [5.41, 5.74) is 0. The van der Waals surface area contributed by atoms with Gasteiger partial charge in [0.25, 0.3) is 0 Å². The first kappa shape index (κ1) is 6.58. The van der Waals surface area contributed by atoms with Crippen LogP contribution in [0.3, 0.4) is 0 Å². The summed E-state index contributed by atoms with van der Waals surface area (Å²) in [6.07, 6.45) is 1.42. The van der Waals surface area contributed by atoms with Gasteiger partial charge in [-0.3, -0.25) is 4.90 Å². The molecule has 1 N–H and O–H groups in total. The lowest BCUT2D eigenvalue weighted by molar-refractivity contribution is -0.0399. The van der Waals surface area contributed by atoms with Gasteiger partial charge in [-0.1, -0.05) is 0 Å². The quantitative estimate of drug-likeness (QED) is 0.534. The minimum absolute atomic E-state index is 0.255. The van der Waals surface area contributed by atoms with Crippen LogP contribution < -0.4 is 0 Å². The fourth-order valence-electron chi connectivity index (χ4n) is 1.91. The van der Waals surface area contributed by atoms with Crippen LogP contribution in [0, 0.1) is 0 Å². The minimum Gasteiger partial charge on any atom is -0.395 e. The van der Waals surface area contributed by atoms with Crippen molar-refractivity contribution in [1.29, 1.82) is 0 Å². The molecule has 0 spiro atoms. The molecule has 0 aromatic carbocycles. The average molecular weight is 143 g/mol. The Kier molecular flexibility index (Phi) is 1.64. The van der Waals surface area contributed by atoms with E-state index in [1.54, 1.807) is 0 Å². The largest absolute Gasteiger partial charge is 0.395 e. The monoisotopic (exact) mass is 143 g/mol. The lowest BCUT2D eigenvalue weighted by Gasteiger charge is -2.31.